The smallest absolute Gasteiger partial charge is 0.123 e. The predicted molar refractivity (Wildman–Crippen MR) is 69.3 cm³/mol. The third kappa shape index (κ3) is 3.83. The molecule has 0 atom stereocenters. The molecule has 2 heteroatoms. The fourth-order valence-electron chi connectivity index (χ4n) is 1.57. The normalized spacial score (nSPS) is 10.9. The highest BCUT2D eigenvalue weighted by Crippen LogP contribution is 2.11. The minimum Gasteiger partial charge on any atom is -0.261 e. The summed E-state index contributed by atoms with van der Waals surface area (Å²) in [6, 6.07) is 16.5. The summed E-state index contributed by atoms with van der Waals surface area (Å²) in [7, 11) is 0. The molecule has 0 saturated heterocycles. The Morgan fingerprint density at radius 1 is 0.941 bits per heavy atom. The fourth-order valence-corrected chi connectivity index (χ4v) is 1.57. The molecule has 0 radical (unpaired) electrons. The zero-order chi connectivity index (χ0) is 11.9. The molecule has 0 N–H and O–H groups in total. The molecular weight excluding hydrogens is 213 g/mol. The summed E-state index contributed by atoms with van der Waals surface area (Å²) >= 11 is 0. The van der Waals surface area contributed by atoms with Crippen LogP contribution in [-0.2, 0) is 6.42 Å². The summed E-state index contributed by atoms with van der Waals surface area (Å²) in [5.41, 5.74) is 2.09. The number of halogens is 1. The Kier molecular flexibility index (Phi) is 4.03. The number of nitrogens with zero attached hydrogens (tertiary/aromatic N) is 1. The molecule has 0 bridgehead atoms. The van der Waals surface area contributed by atoms with Crippen LogP contribution in [-0.4, -0.2) is 6.21 Å². The third-order valence-electron chi connectivity index (χ3n) is 2.47. The van der Waals surface area contributed by atoms with Crippen LogP contribution in [0.1, 0.15) is 12.0 Å². The van der Waals surface area contributed by atoms with Crippen LogP contribution in [0.3, 0.4) is 0 Å². The second kappa shape index (κ2) is 5.94. The lowest BCUT2D eigenvalue weighted by Gasteiger charge is -1.96. The lowest BCUT2D eigenvalue weighted by Crippen LogP contribution is -1.84. The quantitative estimate of drug-likeness (QED) is 0.695. The van der Waals surface area contributed by atoms with Crippen LogP contribution < -0.4 is 0 Å². The van der Waals surface area contributed by atoms with E-state index < -0.39 is 0 Å². The fraction of sp³-hybridized carbons (Fsp3) is 0.133. The first kappa shape index (κ1) is 11.5. The highest BCUT2D eigenvalue weighted by Gasteiger charge is 1.91. The lowest BCUT2D eigenvalue weighted by molar-refractivity contribution is 0.628. The molecule has 0 amide bonds. The van der Waals surface area contributed by atoms with Crippen molar-refractivity contribution in [2.24, 2.45) is 4.99 Å². The zero-order valence-corrected chi connectivity index (χ0v) is 9.51. The largest absolute Gasteiger partial charge is 0.261 e. The van der Waals surface area contributed by atoms with Gasteiger partial charge in [-0.1, -0.05) is 30.3 Å². The molecule has 0 aliphatic carbocycles. The van der Waals surface area contributed by atoms with Gasteiger partial charge in [0.15, 0.2) is 0 Å². The number of hydrogen-bond acceptors (Lipinski definition) is 1. The summed E-state index contributed by atoms with van der Waals surface area (Å²) in [5.74, 6) is -0.228. The second-order valence-corrected chi connectivity index (χ2v) is 3.81. The van der Waals surface area contributed by atoms with Gasteiger partial charge < -0.3 is 0 Å². The van der Waals surface area contributed by atoms with Gasteiger partial charge in [0.2, 0.25) is 0 Å². The Morgan fingerprint density at radius 2 is 1.65 bits per heavy atom. The van der Waals surface area contributed by atoms with Crippen molar-refractivity contribution in [3.05, 3.63) is 66.0 Å². The molecule has 0 spiro atoms. The van der Waals surface area contributed by atoms with Crippen molar-refractivity contribution >= 4 is 11.9 Å². The van der Waals surface area contributed by atoms with Crippen LogP contribution >= 0.6 is 0 Å². The summed E-state index contributed by atoms with van der Waals surface area (Å²) in [6.07, 6.45) is 3.74. The summed E-state index contributed by atoms with van der Waals surface area (Å²) < 4.78 is 12.6. The van der Waals surface area contributed by atoms with Crippen molar-refractivity contribution in [2.45, 2.75) is 12.8 Å². The number of benzene rings is 2. The summed E-state index contributed by atoms with van der Waals surface area (Å²) in [6.45, 7) is 0. The third-order valence-corrected chi connectivity index (χ3v) is 2.47. The van der Waals surface area contributed by atoms with Gasteiger partial charge >= 0.3 is 0 Å². The van der Waals surface area contributed by atoms with E-state index in [2.05, 4.69) is 17.1 Å². The standard InChI is InChI=1S/C15H14FN/c16-14-8-10-15(11-9-14)17-12-4-7-13-5-2-1-3-6-13/h1-3,5-6,8-12H,4,7H2. The van der Waals surface area contributed by atoms with Crippen molar-refractivity contribution in [2.75, 3.05) is 0 Å². The van der Waals surface area contributed by atoms with Crippen LogP contribution in [0.5, 0.6) is 0 Å². The molecule has 0 aliphatic heterocycles. The highest BCUT2D eigenvalue weighted by molar-refractivity contribution is 5.63. The number of rotatable bonds is 4. The van der Waals surface area contributed by atoms with E-state index in [1.165, 1.54) is 17.7 Å². The van der Waals surface area contributed by atoms with Crippen LogP contribution in [0.2, 0.25) is 0 Å². The van der Waals surface area contributed by atoms with Gasteiger partial charge in [-0.25, -0.2) is 4.39 Å². The van der Waals surface area contributed by atoms with Gasteiger partial charge in [-0.15, -0.1) is 0 Å². The van der Waals surface area contributed by atoms with Gasteiger partial charge in [0.1, 0.15) is 5.82 Å². The molecule has 86 valence electrons. The van der Waals surface area contributed by atoms with Gasteiger partial charge in [-0.2, -0.15) is 0 Å². The van der Waals surface area contributed by atoms with E-state index in [0.717, 1.165) is 18.5 Å². The average molecular weight is 227 g/mol. The minimum atomic E-state index is -0.228. The monoisotopic (exact) mass is 227 g/mol. The molecule has 0 heterocycles. The van der Waals surface area contributed by atoms with Gasteiger partial charge in [0, 0.05) is 6.21 Å². The zero-order valence-electron chi connectivity index (χ0n) is 9.51. The van der Waals surface area contributed by atoms with Crippen LogP contribution in [0.25, 0.3) is 0 Å². The molecule has 0 aromatic heterocycles. The van der Waals surface area contributed by atoms with E-state index in [4.69, 9.17) is 0 Å². The Morgan fingerprint density at radius 3 is 2.35 bits per heavy atom. The molecular formula is C15H14FN. The van der Waals surface area contributed by atoms with Gasteiger partial charge in [0.25, 0.3) is 0 Å². The summed E-state index contributed by atoms with van der Waals surface area (Å²) in [5, 5.41) is 0. The van der Waals surface area contributed by atoms with E-state index in [1.807, 2.05) is 24.4 Å². The lowest BCUT2D eigenvalue weighted by atomic mass is 10.1. The van der Waals surface area contributed by atoms with Crippen molar-refractivity contribution in [1.82, 2.24) is 0 Å². The first-order chi connectivity index (χ1) is 8.34. The second-order valence-electron chi connectivity index (χ2n) is 3.81. The number of aliphatic imine (C=N–C) groups is 1. The molecule has 0 unspecified atom stereocenters. The first-order valence-electron chi connectivity index (χ1n) is 5.66. The molecule has 2 aromatic rings. The van der Waals surface area contributed by atoms with E-state index in [1.54, 1.807) is 12.1 Å². The molecule has 17 heavy (non-hydrogen) atoms. The number of hydrogen-bond donors (Lipinski definition) is 0. The Hall–Kier alpha value is -1.96. The van der Waals surface area contributed by atoms with E-state index in [9.17, 15) is 4.39 Å². The average Bonchev–Trinajstić information content (AvgIpc) is 2.38. The first-order valence-corrected chi connectivity index (χ1v) is 5.66. The molecule has 0 aliphatic rings. The predicted octanol–water partition coefficient (Wildman–Crippen LogP) is 4.16. The Bertz CT molecular complexity index is 474. The maximum absolute atomic E-state index is 12.6. The maximum atomic E-state index is 12.6. The van der Waals surface area contributed by atoms with Crippen molar-refractivity contribution in [3.8, 4) is 0 Å². The van der Waals surface area contributed by atoms with E-state index >= 15 is 0 Å². The maximum Gasteiger partial charge on any atom is 0.123 e. The topological polar surface area (TPSA) is 12.4 Å². The van der Waals surface area contributed by atoms with Crippen molar-refractivity contribution in [3.63, 3.8) is 0 Å². The van der Waals surface area contributed by atoms with E-state index in [0.29, 0.717) is 0 Å². The molecule has 2 rings (SSSR count). The van der Waals surface area contributed by atoms with Crippen molar-refractivity contribution < 1.29 is 4.39 Å². The van der Waals surface area contributed by atoms with Gasteiger partial charge in [-0.3, -0.25) is 4.99 Å². The van der Waals surface area contributed by atoms with Gasteiger partial charge in [0.05, 0.1) is 5.69 Å². The van der Waals surface area contributed by atoms with Gasteiger partial charge in [-0.05, 0) is 42.7 Å². The molecule has 1 nitrogen and oxygen atoms in total. The molecule has 0 saturated carbocycles. The van der Waals surface area contributed by atoms with Crippen LogP contribution in [0.15, 0.2) is 59.6 Å². The summed E-state index contributed by atoms with van der Waals surface area (Å²) in [4.78, 5) is 4.27. The van der Waals surface area contributed by atoms with Crippen LogP contribution in [0, 0.1) is 5.82 Å². The molecule has 0 fully saturated rings. The Balaban J connectivity index is 1.84. The molecule has 2 aromatic carbocycles. The minimum absolute atomic E-state index is 0.228. The highest BCUT2D eigenvalue weighted by atomic mass is 19.1. The SMILES string of the molecule is Fc1ccc(N=CCCc2ccccc2)cc1. The number of aryl methyl sites for hydroxylation is 1. The van der Waals surface area contributed by atoms with Crippen molar-refractivity contribution in [1.29, 1.82) is 0 Å². The Labute approximate surface area is 101 Å². The van der Waals surface area contributed by atoms with Crippen LogP contribution in [0.4, 0.5) is 10.1 Å². The van der Waals surface area contributed by atoms with E-state index in [-0.39, 0.29) is 5.82 Å².